The molecule has 2 heterocycles. The maximum atomic E-state index is 14.8. The Bertz CT molecular complexity index is 1590. The average Bonchev–Trinajstić information content (AvgIpc) is 2.82. The van der Waals surface area contributed by atoms with Crippen LogP contribution in [0.3, 0.4) is 0 Å². The molecule has 0 fully saturated rings. The summed E-state index contributed by atoms with van der Waals surface area (Å²) in [4.78, 5) is 31.6. The van der Waals surface area contributed by atoms with Gasteiger partial charge in [-0.1, -0.05) is 54.6 Å². The molecule has 0 saturated heterocycles. The SMILES string of the molecule is Cn1c2ccccc2c(=O)c2c(=O)n(CCc3ccccc3)c(-c3ccccc3F)nc21. The molecule has 0 aliphatic carbocycles. The van der Waals surface area contributed by atoms with Gasteiger partial charge in [-0.2, -0.15) is 0 Å². The highest BCUT2D eigenvalue weighted by atomic mass is 19.1. The normalized spacial score (nSPS) is 11.3. The summed E-state index contributed by atoms with van der Waals surface area (Å²) >= 11 is 0. The highest BCUT2D eigenvalue weighted by Crippen LogP contribution is 2.23. The maximum absolute atomic E-state index is 14.8. The van der Waals surface area contributed by atoms with Gasteiger partial charge >= 0.3 is 0 Å². The number of aryl methyl sites for hydroxylation is 2. The summed E-state index contributed by atoms with van der Waals surface area (Å²) in [6.07, 6.45) is 0.545. The summed E-state index contributed by atoms with van der Waals surface area (Å²) in [5.41, 5.74) is 1.34. The number of halogens is 1. The Labute approximate surface area is 183 Å². The van der Waals surface area contributed by atoms with E-state index in [1.54, 1.807) is 41.9 Å². The zero-order chi connectivity index (χ0) is 22.2. The van der Waals surface area contributed by atoms with Gasteiger partial charge in [-0.3, -0.25) is 14.2 Å². The summed E-state index contributed by atoms with van der Waals surface area (Å²) in [5.74, 6) is -0.264. The van der Waals surface area contributed by atoms with Gasteiger partial charge < -0.3 is 4.57 Å². The monoisotopic (exact) mass is 425 g/mol. The van der Waals surface area contributed by atoms with E-state index >= 15 is 0 Å². The molecule has 0 radical (unpaired) electrons. The maximum Gasteiger partial charge on any atom is 0.267 e. The van der Waals surface area contributed by atoms with Crippen LogP contribution in [0.15, 0.2) is 88.5 Å². The van der Waals surface area contributed by atoms with Gasteiger partial charge in [0.1, 0.15) is 17.0 Å². The lowest BCUT2D eigenvalue weighted by molar-refractivity contribution is 0.620. The van der Waals surface area contributed by atoms with Crippen molar-refractivity contribution in [3.05, 3.63) is 111 Å². The summed E-state index contributed by atoms with van der Waals surface area (Å²) in [6, 6.07) is 23.1. The second-order valence-corrected chi connectivity index (χ2v) is 7.71. The third-order valence-corrected chi connectivity index (χ3v) is 5.79. The van der Waals surface area contributed by atoms with Crippen molar-refractivity contribution in [3.8, 4) is 11.4 Å². The molecule has 5 nitrogen and oxygen atoms in total. The Hall–Kier alpha value is -4.06. The molecule has 0 unspecified atom stereocenters. The van der Waals surface area contributed by atoms with E-state index in [9.17, 15) is 14.0 Å². The number of benzene rings is 3. The smallest absolute Gasteiger partial charge is 0.267 e. The highest BCUT2D eigenvalue weighted by molar-refractivity contribution is 5.91. The molecular weight excluding hydrogens is 405 g/mol. The molecule has 0 aliphatic rings. The molecule has 2 aromatic heterocycles. The van der Waals surface area contributed by atoms with Gasteiger partial charge in [-0.05, 0) is 36.2 Å². The number of aromatic nitrogens is 3. The van der Waals surface area contributed by atoms with Crippen LogP contribution in [0, 0.1) is 5.82 Å². The number of pyridine rings is 1. The van der Waals surface area contributed by atoms with Gasteiger partial charge in [0.25, 0.3) is 5.56 Å². The lowest BCUT2D eigenvalue weighted by atomic mass is 10.1. The first kappa shape index (κ1) is 19.9. The molecule has 0 saturated carbocycles. The zero-order valence-electron chi connectivity index (χ0n) is 17.5. The van der Waals surface area contributed by atoms with Crippen LogP contribution < -0.4 is 11.0 Å². The fourth-order valence-corrected chi connectivity index (χ4v) is 4.13. The van der Waals surface area contributed by atoms with Crippen LogP contribution in [-0.2, 0) is 20.0 Å². The van der Waals surface area contributed by atoms with Gasteiger partial charge in [-0.15, -0.1) is 0 Å². The molecule has 0 amide bonds. The number of fused-ring (bicyclic) bond motifs is 2. The summed E-state index contributed by atoms with van der Waals surface area (Å²) < 4.78 is 17.9. The van der Waals surface area contributed by atoms with Crippen LogP contribution >= 0.6 is 0 Å². The summed E-state index contributed by atoms with van der Waals surface area (Å²) in [7, 11) is 1.76. The van der Waals surface area contributed by atoms with Crippen LogP contribution in [-0.4, -0.2) is 14.1 Å². The molecule has 0 atom stereocenters. The van der Waals surface area contributed by atoms with E-state index in [0.717, 1.165) is 5.56 Å². The molecular formula is C26H20FN3O2. The van der Waals surface area contributed by atoms with Crippen molar-refractivity contribution in [3.63, 3.8) is 0 Å². The molecule has 5 aromatic rings. The Kier molecular flexibility index (Phi) is 4.90. The topological polar surface area (TPSA) is 56.9 Å². The molecule has 5 rings (SSSR count). The van der Waals surface area contributed by atoms with Gasteiger partial charge in [0.2, 0.25) is 5.43 Å². The van der Waals surface area contributed by atoms with E-state index in [1.807, 2.05) is 42.5 Å². The fourth-order valence-electron chi connectivity index (χ4n) is 4.13. The Balaban J connectivity index is 1.84. The minimum absolute atomic E-state index is 0.0133. The van der Waals surface area contributed by atoms with Crippen molar-refractivity contribution >= 4 is 21.9 Å². The first-order chi connectivity index (χ1) is 15.6. The molecule has 3 aromatic carbocycles. The molecule has 6 heteroatoms. The number of para-hydroxylation sites is 1. The second kappa shape index (κ2) is 7.89. The van der Waals surface area contributed by atoms with E-state index in [1.165, 1.54) is 10.6 Å². The second-order valence-electron chi connectivity index (χ2n) is 7.71. The fraction of sp³-hybridized carbons (Fsp3) is 0.115. The molecule has 0 spiro atoms. The van der Waals surface area contributed by atoms with E-state index < -0.39 is 11.4 Å². The van der Waals surface area contributed by atoms with E-state index in [4.69, 9.17) is 0 Å². The summed E-state index contributed by atoms with van der Waals surface area (Å²) in [5, 5.41) is 0.467. The first-order valence-electron chi connectivity index (χ1n) is 10.4. The van der Waals surface area contributed by atoms with Gasteiger partial charge in [0.15, 0.2) is 5.65 Å². The molecule has 0 bridgehead atoms. The number of nitrogens with zero attached hydrogens (tertiary/aromatic N) is 3. The van der Waals surface area contributed by atoms with Gasteiger partial charge in [0, 0.05) is 19.0 Å². The van der Waals surface area contributed by atoms with Crippen LogP contribution in [0.4, 0.5) is 4.39 Å². The highest BCUT2D eigenvalue weighted by Gasteiger charge is 2.20. The van der Waals surface area contributed by atoms with Crippen molar-refractivity contribution in [1.82, 2.24) is 14.1 Å². The van der Waals surface area contributed by atoms with Crippen molar-refractivity contribution in [2.75, 3.05) is 0 Å². The minimum Gasteiger partial charge on any atom is -0.328 e. The van der Waals surface area contributed by atoms with Crippen molar-refractivity contribution in [1.29, 1.82) is 0 Å². The summed E-state index contributed by atoms with van der Waals surface area (Å²) in [6.45, 7) is 0.269. The van der Waals surface area contributed by atoms with Crippen molar-refractivity contribution in [2.24, 2.45) is 7.05 Å². The molecule has 158 valence electrons. The first-order valence-corrected chi connectivity index (χ1v) is 10.4. The minimum atomic E-state index is -0.474. The Morgan fingerprint density at radius 2 is 1.56 bits per heavy atom. The number of hydrogen-bond acceptors (Lipinski definition) is 3. The van der Waals surface area contributed by atoms with Crippen molar-refractivity contribution in [2.45, 2.75) is 13.0 Å². The zero-order valence-corrected chi connectivity index (χ0v) is 17.5. The predicted octanol–water partition coefficient (Wildman–Crippen LogP) is 4.30. The molecule has 32 heavy (non-hydrogen) atoms. The quantitative estimate of drug-likeness (QED) is 0.404. The third-order valence-electron chi connectivity index (χ3n) is 5.79. The third kappa shape index (κ3) is 3.21. The van der Waals surface area contributed by atoms with E-state index in [2.05, 4.69) is 4.98 Å². The number of rotatable bonds is 4. The molecule has 0 N–H and O–H groups in total. The average molecular weight is 425 g/mol. The predicted molar refractivity (Wildman–Crippen MR) is 124 cm³/mol. The van der Waals surface area contributed by atoms with Gasteiger partial charge in [0.05, 0.1) is 11.1 Å². The van der Waals surface area contributed by atoms with E-state index in [-0.39, 0.29) is 34.4 Å². The number of hydrogen-bond donors (Lipinski definition) is 0. The van der Waals surface area contributed by atoms with Crippen LogP contribution in [0.25, 0.3) is 33.3 Å². The van der Waals surface area contributed by atoms with Crippen LogP contribution in [0.1, 0.15) is 5.56 Å². The Morgan fingerprint density at radius 1 is 0.875 bits per heavy atom. The largest absolute Gasteiger partial charge is 0.328 e. The van der Waals surface area contributed by atoms with E-state index in [0.29, 0.717) is 17.3 Å². The molecule has 0 aliphatic heterocycles. The standard InChI is InChI=1S/C26H20FN3O2/c1-29-21-14-8-6-12-19(21)23(31)22-25(29)28-24(18-11-5-7-13-20(18)27)30(26(22)32)16-15-17-9-3-2-4-10-17/h2-14H,15-16H2,1H3. The van der Waals surface area contributed by atoms with Crippen LogP contribution in [0.2, 0.25) is 0 Å². The van der Waals surface area contributed by atoms with Gasteiger partial charge in [-0.25, -0.2) is 9.37 Å². The van der Waals surface area contributed by atoms with Crippen molar-refractivity contribution < 1.29 is 4.39 Å². The Morgan fingerprint density at radius 3 is 2.34 bits per heavy atom. The van der Waals surface area contributed by atoms with Crippen LogP contribution in [0.5, 0.6) is 0 Å². The lowest BCUT2D eigenvalue weighted by Crippen LogP contribution is -2.30. The lowest BCUT2D eigenvalue weighted by Gasteiger charge is -2.16.